The maximum absolute atomic E-state index is 5.81. The predicted octanol–water partition coefficient (Wildman–Crippen LogP) is 1.83. The molecule has 1 aliphatic heterocycles. The van der Waals surface area contributed by atoms with E-state index in [1.54, 1.807) is 0 Å². The molecule has 2 heterocycles. The predicted molar refractivity (Wildman–Crippen MR) is 54.5 cm³/mol. The minimum absolute atomic E-state index is 0.0336. The summed E-state index contributed by atoms with van der Waals surface area (Å²) in [6, 6.07) is 3.86. The topological polar surface area (TPSA) is 47.6 Å². The number of amidine groups is 1. The van der Waals surface area contributed by atoms with Crippen LogP contribution in [-0.2, 0) is 4.74 Å². The van der Waals surface area contributed by atoms with Crippen molar-refractivity contribution in [3.05, 3.63) is 21.3 Å². The van der Waals surface area contributed by atoms with Crippen molar-refractivity contribution in [3.63, 3.8) is 0 Å². The van der Waals surface area contributed by atoms with Crippen LogP contribution in [0.5, 0.6) is 0 Å². The number of nitrogens with zero attached hydrogens (tertiary/aromatic N) is 1. The minimum Gasteiger partial charge on any atom is -0.386 e. The highest BCUT2D eigenvalue weighted by Crippen LogP contribution is 2.30. The molecule has 5 heteroatoms. The van der Waals surface area contributed by atoms with E-state index in [-0.39, 0.29) is 6.04 Å². The number of rotatable bonds is 1. The summed E-state index contributed by atoms with van der Waals surface area (Å²) in [6.07, 6.45) is 0. The van der Waals surface area contributed by atoms with E-state index in [4.69, 9.17) is 22.1 Å². The summed E-state index contributed by atoms with van der Waals surface area (Å²) in [6.45, 7) is 1.03. The van der Waals surface area contributed by atoms with Gasteiger partial charge in [0.2, 0.25) is 0 Å². The van der Waals surface area contributed by atoms with E-state index < -0.39 is 0 Å². The first-order valence-corrected chi connectivity index (χ1v) is 5.10. The van der Waals surface area contributed by atoms with Crippen LogP contribution in [0, 0.1) is 0 Å². The fourth-order valence-corrected chi connectivity index (χ4v) is 2.29. The van der Waals surface area contributed by atoms with Crippen LogP contribution in [0.1, 0.15) is 10.9 Å². The third-order valence-electron chi connectivity index (χ3n) is 1.77. The number of aliphatic imine (C=N–C) groups is 1. The van der Waals surface area contributed by atoms with Gasteiger partial charge in [-0.3, -0.25) is 4.99 Å². The van der Waals surface area contributed by atoms with Crippen LogP contribution in [0.3, 0.4) is 0 Å². The van der Waals surface area contributed by atoms with Crippen molar-refractivity contribution in [2.24, 2.45) is 10.7 Å². The summed E-state index contributed by atoms with van der Waals surface area (Å²) in [5, 5.41) is 0. The number of nitrogens with two attached hydrogens (primary N) is 1. The summed E-state index contributed by atoms with van der Waals surface area (Å²) in [5.74, 6) is 0.556. The van der Waals surface area contributed by atoms with Gasteiger partial charge in [0.05, 0.1) is 10.9 Å². The standard InChI is InChI=1S/C8H9ClN2OS/c9-7-2-1-6(13-7)5-3-12-4-8(10)11-5/h1-2,5H,3-4H2,(H2,10,11)/t5-/m1/s1. The number of hydrogen-bond donors (Lipinski definition) is 1. The lowest BCUT2D eigenvalue weighted by Crippen LogP contribution is -2.26. The van der Waals surface area contributed by atoms with Crippen LogP contribution in [0.15, 0.2) is 17.1 Å². The summed E-state index contributed by atoms with van der Waals surface area (Å²) >= 11 is 7.33. The second-order valence-corrected chi connectivity index (χ2v) is 4.54. The lowest BCUT2D eigenvalue weighted by atomic mass is 10.2. The molecule has 0 amide bonds. The molecule has 0 spiro atoms. The number of ether oxygens (including phenoxy) is 1. The quantitative estimate of drug-likeness (QED) is 0.779. The smallest absolute Gasteiger partial charge is 0.121 e. The van der Waals surface area contributed by atoms with Crippen molar-refractivity contribution < 1.29 is 4.74 Å². The van der Waals surface area contributed by atoms with E-state index >= 15 is 0 Å². The Hall–Kier alpha value is -0.580. The Labute approximate surface area is 85.2 Å². The van der Waals surface area contributed by atoms with Gasteiger partial charge in [0.15, 0.2) is 0 Å². The van der Waals surface area contributed by atoms with Gasteiger partial charge in [0.1, 0.15) is 18.5 Å². The highest BCUT2D eigenvalue weighted by Gasteiger charge is 2.17. The van der Waals surface area contributed by atoms with Crippen LogP contribution >= 0.6 is 22.9 Å². The number of thiophene rings is 1. The molecule has 1 aliphatic rings. The van der Waals surface area contributed by atoms with Crippen molar-refractivity contribution >= 4 is 28.8 Å². The lowest BCUT2D eigenvalue weighted by Gasteiger charge is -2.17. The third-order valence-corrected chi connectivity index (χ3v) is 3.10. The second kappa shape index (κ2) is 3.65. The van der Waals surface area contributed by atoms with Crippen LogP contribution in [0.2, 0.25) is 4.34 Å². The Morgan fingerprint density at radius 1 is 1.62 bits per heavy atom. The summed E-state index contributed by atoms with van der Waals surface area (Å²) in [7, 11) is 0. The molecule has 0 unspecified atom stereocenters. The Kier molecular flexibility index (Phi) is 2.53. The van der Waals surface area contributed by atoms with Gasteiger partial charge in [-0.1, -0.05) is 11.6 Å². The largest absolute Gasteiger partial charge is 0.386 e. The first-order chi connectivity index (χ1) is 6.25. The van der Waals surface area contributed by atoms with Gasteiger partial charge in [-0.25, -0.2) is 0 Å². The summed E-state index contributed by atoms with van der Waals surface area (Å²) < 4.78 is 6.04. The van der Waals surface area contributed by atoms with Crippen molar-refractivity contribution in [1.82, 2.24) is 0 Å². The number of hydrogen-bond acceptors (Lipinski definition) is 4. The van der Waals surface area contributed by atoms with Crippen molar-refractivity contribution in [2.75, 3.05) is 13.2 Å². The van der Waals surface area contributed by atoms with Crippen molar-refractivity contribution in [3.8, 4) is 0 Å². The zero-order valence-corrected chi connectivity index (χ0v) is 8.44. The third kappa shape index (κ3) is 2.02. The van der Waals surface area contributed by atoms with E-state index in [9.17, 15) is 0 Å². The zero-order valence-electron chi connectivity index (χ0n) is 6.87. The minimum atomic E-state index is 0.0336. The first kappa shape index (κ1) is 8.99. The van der Waals surface area contributed by atoms with E-state index in [2.05, 4.69) is 4.99 Å². The number of halogens is 1. The Morgan fingerprint density at radius 3 is 3.08 bits per heavy atom. The van der Waals surface area contributed by atoms with E-state index in [0.717, 1.165) is 9.21 Å². The normalized spacial score (nSPS) is 22.8. The molecule has 1 atom stereocenters. The first-order valence-electron chi connectivity index (χ1n) is 3.91. The molecule has 0 radical (unpaired) electrons. The molecule has 1 aromatic heterocycles. The molecular formula is C8H9ClN2OS. The molecule has 0 bridgehead atoms. The highest BCUT2D eigenvalue weighted by atomic mass is 35.5. The van der Waals surface area contributed by atoms with E-state index in [1.807, 2.05) is 12.1 Å². The van der Waals surface area contributed by atoms with Crippen LogP contribution in [0.25, 0.3) is 0 Å². The van der Waals surface area contributed by atoms with Gasteiger partial charge in [-0.2, -0.15) is 0 Å². The molecule has 0 saturated carbocycles. The van der Waals surface area contributed by atoms with Crippen LogP contribution in [0.4, 0.5) is 0 Å². The van der Waals surface area contributed by atoms with Crippen LogP contribution < -0.4 is 5.73 Å². The molecule has 0 aliphatic carbocycles. The van der Waals surface area contributed by atoms with E-state index in [1.165, 1.54) is 11.3 Å². The molecule has 0 saturated heterocycles. The van der Waals surface area contributed by atoms with Crippen molar-refractivity contribution in [2.45, 2.75) is 6.04 Å². The maximum Gasteiger partial charge on any atom is 0.121 e. The summed E-state index contributed by atoms with van der Waals surface area (Å²) in [5.41, 5.74) is 5.57. The SMILES string of the molecule is NC1=N[C@@H](c2ccc(Cl)s2)COC1. The van der Waals surface area contributed by atoms with Gasteiger partial charge < -0.3 is 10.5 Å². The van der Waals surface area contributed by atoms with Gasteiger partial charge in [0.25, 0.3) is 0 Å². The maximum atomic E-state index is 5.81. The van der Waals surface area contributed by atoms with Crippen LogP contribution in [-0.4, -0.2) is 19.0 Å². The summed E-state index contributed by atoms with van der Waals surface area (Å²) in [4.78, 5) is 5.39. The molecule has 70 valence electrons. The molecule has 3 nitrogen and oxygen atoms in total. The van der Waals surface area contributed by atoms with Gasteiger partial charge in [0, 0.05) is 4.88 Å². The van der Waals surface area contributed by atoms with Crippen molar-refractivity contribution in [1.29, 1.82) is 0 Å². The second-order valence-electron chi connectivity index (χ2n) is 2.79. The molecule has 2 rings (SSSR count). The molecule has 13 heavy (non-hydrogen) atoms. The fourth-order valence-electron chi connectivity index (χ4n) is 1.20. The Bertz CT molecular complexity index is 337. The van der Waals surface area contributed by atoms with E-state index in [0.29, 0.717) is 19.0 Å². The monoisotopic (exact) mass is 216 g/mol. The average molecular weight is 217 g/mol. The molecular weight excluding hydrogens is 208 g/mol. The van der Waals surface area contributed by atoms with Gasteiger partial charge in [-0.05, 0) is 12.1 Å². The molecule has 0 aromatic carbocycles. The Balaban J connectivity index is 2.21. The average Bonchev–Trinajstić information content (AvgIpc) is 2.52. The lowest BCUT2D eigenvalue weighted by molar-refractivity contribution is 0.144. The molecule has 0 fully saturated rings. The highest BCUT2D eigenvalue weighted by molar-refractivity contribution is 7.16. The molecule has 1 aromatic rings. The van der Waals surface area contributed by atoms with Gasteiger partial charge in [-0.15, -0.1) is 11.3 Å². The fraction of sp³-hybridized carbons (Fsp3) is 0.375. The Morgan fingerprint density at radius 2 is 2.46 bits per heavy atom. The zero-order chi connectivity index (χ0) is 9.26. The molecule has 2 N–H and O–H groups in total. The van der Waals surface area contributed by atoms with Gasteiger partial charge >= 0.3 is 0 Å².